The molecule has 0 fully saturated rings. The summed E-state index contributed by atoms with van der Waals surface area (Å²) >= 11 is 0. The number of nitrogens with one attached hydrogen (secondary N) is 1. The minimum Gasteiger partial charge on any atom is -0.333 e. The first-order valence-electron chi connectivity index (χ1n) is 7.60. The van der Waals surface area contributed by atoms with Crippen LogP contribution in [-0.2, 0) is 13.1 Å². The molecule has 0 bridgehead atoms. The molecule has 2 rings (SSSR count). The van der Waals surface area contributed by atoms with Crippen LogP contribution in [0.15, 0.2) is 12.4 Å². The Kier molecular flexibility index (Phi) is 4.99. The predicted molar refractivity (Wildman–Crippen MR) is 79.1 cm³/mol. The van der Waals surface area contributed by atoms with Crippen molar-refractivity contribution in [3.05, 3.63) is 18.2 Å². The highest BCUT2D eigenvalue weighted by atomic mass is 15.2. The van der Waals surface area contributed by atoms with Gasteiger partial charge in [0.05, 0.1) is 6.54 Å². The van der Waals surface area contributed by atoms with Crippen molar-refractivity contribution in [2.45, 2.75) is 46.7 Å². The lowest BCUT2D eigenvalue weighted by atomic mass is 9.84. The molecule has 108 valence electrons. The molecule has 4 heteroatoms. The van der Waals surface area contributed by atoms with Crippen molar-refractivity contribution in [3.8, 4) is 0 Å². The average molecular weight is 264 g/mol. The second-order valence-electron chi connectivity index (χ2n) is 6.09. The van der Waals surface area contributed by atoms with Gasteiger partial charge in [0.25, 0.3) is 0 Å². The van der Waals surface area contributed by atoms with E-state index in [4.69, 9.17) is 0 Å². The third kappa shape index (κ3) is 3.80. The van der Waals surface area contributed by atoms with Crippen molar-refractivity contribution >= 4 is 0 Å². The molecular formula is C15H28N4. The Labute approximate surface area is 117 Å². The van der Waals surface area contributed by atoms with Crippen LogP contribution < -0.4 is 5.32 Å². The van der Waals surface area contributed by atoms with Gasteiger partial charge >= 0.3 is 0 Å². The smallest absolute Gasteiger partial charge is 0.122 e. The summed E-state index contributed by atoms with van der Waals surface area (Å²) in [5, 5.41) is 3.53. The molecule has 4 nitrogen and oxygen atoms in total. The first-order chi connectivity index (χ1) is 9.17. The Morgan fingerprint density at radius 3 is 2.95 bits per heavy atom. The van der Waals surface area contributed by atoms with Crippen molar-refractivity contribution < 1.29 is 0 Å². The minimum absolute atomic E-state index is 0.375. The molecule has 0 radical (unpaired) electrons. The SMILES string of the molecule is CCCC(C)(CNCC)CN1CCn2ccnc2C1. The molecule has 0 saturated heterocycles. The standard InChI is InChI=1S/C15H28N4/c1-4-6-15(3,12-16-5-2)13-18-9-10-19-8-7-17-14(19)11-18/h7-8,16H,4-6,9-13H2,1-3H3. The summed E-state index contributed by atoms with van der Waals surface area (Å²) in [7, 11) is 0. The molecule has 2 heterocycles. The third-order valence-electron chi connectivity index (χ3n) is 4.08. The number of imidazole rings is 1. The summed E-state index contributed by atoms with van der Waals surface area (Å²) in [5.41, 5.74) is 0.375. The van der Waals surface area contributed by atoms with Gasteiger partial charge in [0.1, 0.15) is 5.82 Å². The lowest BCUT2D eigenvalue weighted by molar-refractivity contribution is 0.123. The van der Waals surface area contributed by atoms with E-state index in [-0.39, 0.29) is 0 Å². The van der Waals surface area contributed by atoms with Gasteiger partial charge in [0, 0.05) is 38.6 Å². The molecule has 0 saturated carbocycles. The summed E-state index contributed by atoms with van der Waals surface area (Å²) in [6.45, 7) is 13.5. The normalized spacial score (nSPS) is 19.1. The van der Waals surface area contributed by atoms with Crippen LogP contribution in [0.5, 0.6) is 0 Å². The fourth-order valence-corrected chi connectivity index (χ4v) is 3.15. The summed E-state index contributed by atoms with van der Waals surface area (Å²) < 4.78 is 2.28. The second-order valence-corrected chi connectivity index (χ2v) is 6.09. The van der Waals surface area contributed by atoms with Crippen LogP contribution >= 0.6 is 0 Å². The minimum atomic E-state index is 0.375. The average Bonchev–Trinajstić information content (AvgIpc) is 2.84. The maximum atomic E-state index is 4.45. The van der Waals surface area contributed by atoms with Crippen LogP contribution in [0, 0.1) is 5.41 Å². The summed E-state index contributed by atoms with van der Waals surface area (Å²) in [6, 6.07) is 0. The maximum absolute atomic E-state index is 4.45. The zero-order valence-electron chi connectivity index (χ0n) is 12.7. The molecule has 1 aliphatic rings. The fourth-order valence-electron chi connectivity index (χ4n) is 3.15. The van der Waals surface area contributed by atoms with Gasteiger partial charge in [-0.1, -0.05) is 27.2 Å². The molecule has 1 N–H and O–H groups in total. The molecule has 0 spiro atoms. The highest BCUT2D eigenvalue weighted by molar-refractivity contribution is 4.96. The second kappa shape index (κ2) is 6.53. The lowest BCUT2D eigenvalue weighted by Gasteiger charge is -2.37. The highest BCUT2D eigenvalue weighted by Gasteiger charge is 2.28. The molecule has 1 aromatic heterocycles. The van der Waals surface area contributed by atoms with E-state index in [2.05, 4.69) is 46.7 Å². The van der Waals surface area contributed by atoms with Crippen molar-refractivity contribution in [3.63, 3.8) is 0 Å². The molecule has 0 amide bonds. The lowest BCUT2D eigenvalue weighted by Crippen LogP contribution is -2.45. The zero-order valence-corrected chi connectivity index (χ0v) is 12.7. The van der Waals surface area contributed by atoms with Gasteiger partial charge in [-0.25, -0.2) is 4.98 Å². The molecule has 1 aliphatic heterocycles. The number of hydrogen-bond acceptors (Lipinski definition) is 3. The largest absolute Gasteiger partial charge is 0.333 e. The number of hydrogen-bond donors (Lipinski definition) is 1. The summed E-state index contributed by atoms with van der Waals surface area (Å²) in [5.74, 6) is 1.22. The van der Waals surface area contributed by atoms with Crippen molar-refractivity contribution in [1.29, 1.82) is 0 Å². The zero-order chi connectivity index (χ0) is 13.7. The van der Waals surface area contributed by atoms with E-state index in [0.29, 0.717) is 5.41 Å². The number of nitrogens with zero attached hydrogens (tertiary/aromatic N) is 3. The highest BCUT2D eigenvalue weighted by Crippen LogP contribution is 2.25. The number of aromatic nitrogens is 2. The first-order valence-corrected chi connectivity index (χ1v) is 7.60. The van der Waals surface area contributed by atoms with Gasteiger partial charge in [0.15, 0.2) is 0 Å². The van der Waals surface area contributed by atoms with E-state index >= 15 is 0 Å². The van der Waals surface area contributed by atoms with Crippen molar-refractivity contribution in [2.24, 2.45) is 5.41 Å². The predicted octanol–water partition coefficient (Wildman–Crippen LogP) is 2.11. The van der Waals surface area contributed by atoms with Crippen LogP contribution in [0.1, 0.15) is 39.4 Å². The van der Waals surface area contributed by atoms with E-state index in [1.165, 1.54) is 25.2 Å². The van der Waals surface area contributed by atoms with E-state index in [1.807, 2.05) is 6.20 Å². The topological polar surface area (TPSA) is 33.1 Å². The molecule has 1 unspecified atom stereocenters. The molecule has 0 aliphatic carbocycles. The fraction of sp³-hybridized carbons (Fsp3) is 0.800. The monoisotopic (exact) mass is 264 g/mol. The summed E-state index contributed by atoms with van der Waals surface area (Å²) in [4.78, 5) is 7.02. The van der Waals surface area contributed by atoms with E-state index in [9.17, 15) is 0 Å². The quantitative estimate of drug-likeness (QED) is 0.819. The van der Waals surface area contributed by atoms with E-state index in [1.54, 1.807) is 0 Å². The van der Waals surface area contributed by atoms with Gasteiger partial charge in [-0.15, -0.1) is 0 Å². The molecule has 19 heavy (non-hydrogen) atoms. The number of rotatable bonds is 7. The Morgan fingerprint density at radius 2 is 2.21 bits per heavy atom. The van der Waals surface area contributed by atoms with Crippen LogP contribution in [-0.4, -0.2) is 40.6 Å². The number of fused-ring (bicyclic) bond motifs is 1. The van der Waals surface area contributed by atoms with Gasteiger partial charge in [0.2, 0.25) is 0 Å². The van der Waals surface area contributed by atoms with E-state index < -0.39 is 0 Å². The molecule has 1 atom stereocenters. The molecule has 1 aromatic rings. The molecule has 0 aromatic carbocycles. The third-order valence-corrected chi connectivity index (χ3v) is 4.08. The van der Waals surface area contributed by atoms with Gasteiger partial charge in [-0.2, -0.15) is 0 Å². The van der Waals surface area contributed by atoms with Crippen LogP contribution in [0.25, 0.3) is 0 Å². The maximum Gasteiger partial charge on any atom is 0.122 e. The Hall–Kier alpha value is -0.870. The van der Waals surface area contributed by atoms with Crippen LogP contribution in [0.2, 0.25) is 0 Å². The van der Waals surface area contributed by atoms with Crippen LogP contribution in [0.4, 0.5) is 0 Å². The molecular weight excluding hydrogens is 236 g/mol. The van der Waals surface area contributed by atoms with E-state index in [0.717, 1.165) is 32.7 Å². The first kappa shape index (κ1) is 14.5. The Bertz CT molecular complexity index is 387. The van der Waals surface area contributed by atoms with Crippen molar-refractivity contribution in [1.82, 2.24) is 19.8 Å². The van der Waals surface area contributed by atoms with Crippen LogP contribution in [0.3, 0.4) is 0 Å². The van der Waals surface area contributed by atoms with Gasteiger partial charge in [-0.05, 0) is 18.4 Å². The summed E-state index contributed by atoms with van der Waals surface area (Å²) in [6.07, 6.45) is 6.55. The van der Waals surface area contributed by atoms with Crippen molar-refractivity contribution in [2.75, 3.05) is 26.2 Å². The van der Waals surface area contributed by atoms with Gasteiger partial charge < -0.3 is 9.88 Å². The van der Waals surface area contributed by atoms with Gasteiger partial charge in [-0.3, -0.25) is 4.90 Å². The Morgan fingerprint density at radius 1 is 1.37 bits per heavy atom. The Balaban J connectivity index is 1.94.